The second-order valence-corrected chi connectivity index (χ2v) is 21.0. The van der Waals surface area contributed by atoms with Gasteiger partial charge in [0.1, 0.15) is 17.3 Å². The molecule has 0 atom stereocenters. The first-order valence-electron chi connectivity index (χ1n) is 20.5. The Morgan fingerprint density at radius 3 is 1.77 bits per heavy atom. The Kier molecular flexibility index (Phi) is 9.66. The first-order chi connectivity index (χ1) is 26.4. The highest BCUT2D eigenvalue weighted by atomic mass is 16.5. The van der Waals surface area contributed by atoms with Gasteiger partial charge in [0.15, 0.2) is 0 Å². The summed E-state index contributed by atoms with van der Waals surface area (Å²) >= 11 is 0. The molecule has 4 aromatic carbocycles. The summed E-state index contributed by atoms with van der Waals surface area (Å²) in [6.45, 7) is 34.1. The number of hydrogen-bond donors (Lipinski definition) is 0. The Morgan fingerprint density at radius 1 is 0.526 bits per heavy atom. The summed E-state index contributed by atoms with van der Waals surface area (Å²) in [7, 11) is 0. The Morgan fingerprint density at radius 2 is 1.16 bits per heavy atom. The van der Waals surface area contributed by atoms with Crippen LogP contribution in [0, 0.1) is 6.33 Å². The van der Waals surface area contributed by atoms with E-state index in [0.29, 0.717) is 0 Å². The molecule has 0 aliphatic rings. The number of hydrogen-bond acceptors (Lipinski definition) is 2. The summed E-state index contributed by atoms with van der Waals surface area (Å²) in [5.74, 6) is 2.46. The van der Waals surface area contributed by atoms with Gasteiger partial charge in [0.05, 0.1) is 33.8 Å². The number of ether oxygens (including phenoxy) is 1. The van der Waals surface area contributed by atoms with E-state index in [1.54, 1.807) is 0 Å². The van der Waals surface area contributed by atoms with Crippen LogP contribution in [-0.4, -0.2) is 14.1 Å². The van der Waals surface area contributed by atoms with Gasteiger partial charge in [-0.2, -0.15) is 0 Å². The van der Waals surface area contributed by atoms with Crippen LogP contribution < -0.4 is 9.30 Å². The van der Waals surface area contributed by atoms with Gasteiger partial charge in [-0.05, 0) is 104 Å². The molecule has 0 amide bonds. The van der Waals surface area contributed by atoms with Crippen LogP contribution in [-0.2, 0) is 27.1 Å². The van der Waals surface area contributed by atoms with E-state index in [0.717, 1.165) is 45.1 Å². The van der Waals surface area contributed by atoms with E-state index >= 15 is 0 Å². The third-order valence-corrected chi connectivity index (χ3v) is 11.0. The molecule has 7 aromatic rings. The standard InChI is InChI=1S/C52H62N4O/c1-48(2,3)34-20-22-37(23-21-34)54-33-55(47(52(13,14)15)46(54)51(10,11)12)38-28-36(50(7,8)9)29-40(31-38)57-39-24-25-42-41-18-16-17-19-43(41)56(44(42)32-39)45-30-35(26-27-53-45)49(4,5)6/h16-32H,1-15H3. The highest BCUT2D eigenvalue weighted by Crippen LogP contribution is 2.40. The molecule has 7 rings (SSSR count). The van der Waals surface area contributed by atoms with Crippen LogP contribution in [0.5, 0.6) is 11.5 Å². The normalized spacial score (nSPS) is 13.2. The Hall–Kier alpha value is -5.16. The summed E-state index contributed by atoms with van der Waals surface area (Å²) in [6.07, 6.45) is 5.80. The summed E-state index contributed by atoms with van der Waals surface area (Å²) < 4.78 is 13.8. The topological polar surface area (TPSA) is 35.9 Å². The maximum atomic E-state index is 6.94. The summed E-state index contributed by atoms with van der Waals surface area (Å²) in [4.78, 5) is 4.90. The van der Waals surface area contributed by atoms with Crippen molar-refractivity contribution in [1.29, 1.82) is 0 Å². The van der Waals surface area contributed by atoms with Crippen LogP contribution in [0.1, 0.15) is 132 Å². The molecule has 5 nitrogen and oxygen atoms in total. The molecule has 0 saturated heterocycles. The number of nitrogens with zero attached hydrogens (tertiary/aromatic N) is 4. The Labute approximate surface area is 341 Å². The third-order valence-electron chi connectivity index (χ3n) is 11.0. The largest absolute Gasteiger partial charge is 0.458 e. The molecule has 0 N–H and O–H groups in total. The number of para-hydroxylation sites is 1. The van der Waals surface area contributed by atoms with Crippen molar-refractivity contribution in [2.45, 2.75) is 131 Å². The number of imidazole rings is 1. The van der Waals surface area contributed by atoms with Crippen LogP contribution >= 0.6 is 0 Å². The smallest absolute Gasteiger partial charge is 0.269 e. The van der Waals surface area contributed by atoms with E-state index < -0.39 is 0 Å². The van der Waals surface area contributed by atoms with Crippen molar-refractivity contribution >= 4 is 21.8 Å². The van der Waals surface area contributed by atoms with Gasteiger partial charge in [-0.25, -0.2) is 4.98 Å². The lowest BCUT2D eigenvalue weighted by Gasteiger charge is -2.30. The number of aromatic nitrogens is 4. The van der Waals surface area contributed by atoms with Crippen LogP contribution in [0.25, 0.3) is 39.0 Å². The van der Waals surface area contributed by atoms with Crippen molar-refractivity contribution in [2.75, 3.05) is 0 Å². The molecule has 0 radical (unpaired) electrons. The summed E-state index contributed by atoms with van der Waals surface area (Å²) in [6, 6.07) is 35.1. The minimum absolute atomic E-state index is 0.00565. The molecule has 0 unspecified atom stereocenters. The quantitative estimate of drug-likeness (QED) is 0.129. The van der Waals surface area contributed by atoms with Gasteiger partial charge < -0.3 is 4.74 Å². The number of benzene rings is 4. The zero-order chi connectivity index (χ0) is 41.5. The first-order valence-corrected chi connectivity index (χ1v) is 20.5. The Bertz CT molecular complexity index is 2600. The molecule has 57 heavy (non-hydrogen) atoms. The zero-order valence-electron chi connectivity index (χ0n) is 37.0. The fourth-order valence-corrected chi connectivity index (χ4v) is 7.89. The van der Waals surface area contributed by atoms with Gasteiger partial charge >= 0.3 is 0 Å². The average Bonchev–Trinajstić information content (AvgIpc) is 3.68. The summed E-state index contributed by atoms with van der Waals surface area (Å²) in [5.41, 5.74) is 10.1. The van der Waals surface area contributed by atoms with Gasteiger partial charge in [-0.1, -0.05) is 134 Å². The molecule has 0 bridgehead atoms. The van der Waals surface area contributed by atoms with E-state index in [-0.39, 0.29) is 27.1 Å². The molecular weight excluding hydrogens is 697 g/mol. The molecule has 0 saturated carbocycles. The number of fused-ring (bicyclic) bond motifs is 3. The molecular formula is C52H62N4O. The minimum atomic E-state index is -0.189. The van der Waals surface area contributed by atoms with Crippen LogP contribution in [0.4, 0.5) is 0 Å². The van der Waals surface area contributed by atoms with Crippen molar-refractivity contribution in [3.8, 4) is 28.7 Å². The number of pyridine rings is 1. The van der Waals surface area contributed by atoms with Crippen molar-refractivity contribution in [2.24, 2.45) is 0 Å². The van der Waals surface area contributed by atoms with Crippen LogP contribution in [0.2, 0.25) is 0 Å². The van der Waals surface area contributed by atoms with Gasteiger partial charge in [0.25, 0.3) is 6.33 Å². The molecule has 3 heterocycles. The molecule has 3 aromatic heterocycles. The van der Waals surface area contributed by atoms with Crippen molar-refractivity contribution < 1.29 is 9.30 Å². The highest BCUT2D eigenvalue weighted by Gasteiger charge is 2.34. The molecule has 0 fully saturated rings. The summed E-state index contributed by atoms with van der Waals surface area (Å²) in [5, 5.41) is 2.35. The predicted molar refractivity (Wildman–Crippen MR) is 238 cm³/mol. The van der Waals surface area contributed by atoms with E-state index in [1.165, 1.54) is 33.5 Å². The number of rotatable bonds is 5. The van der Waals surface area contributed by atoms with Gasteiger partial charge in [0.2, 0.25) is 0 Å². The second kappa shape index (κ2) is 13.7. The lowest BCUT2D eigenvalue weighted by Crippen LogP contribution is -2.40. The fraction of sp³-hybridized carbons (Fsp3) is 0.385. The van der Waals surface area contributed by atoms with Gasteiger partial charge in [-0.15, -0.1) is 0 Å². The molecule has 296 valence electrons. The monoisotopic (exact) mass is 758 g/mol. The maximum Gasteiger partial charge on any atom is 0.269 e. The lowest BCUT2D eigenvalue weighted by atomic mass is 9.81. The van der Waals surface area contributed by atoms with Gasteiger partial charge in [-0.3, -0.25) is 13.7 Å². The van der Waals surface area contributed by atoms with Crippen molar-refractivity contribution in [3.05, 3.63) is 138 Å². The average molecular weight is 759 g/mol. The zero-order valence-corrected chi connectivity index (χ0v) is 37.0. The molecule has 0 aliphatic carbocycles. The first kappa shape index (κ1) is 40.1. The van der Waals surface area contributed by atoms with Gasteiger partial charge in [0, 0.05) is 23.0 Å². The van der Waals surface area contributed by atoms with E-state index in [4.69, 9.17) is 9.72 Å². The third kappa shape index (κ3) is 7.78. The highest BCUT2D eigenvalue weighted by molar-refractivity contribution is 6.09. The SMILES string of the molecule is CC(C)(C)c1ccc(-[n+]2[c-]n(-c3cc(Oc4ccc5c6ccccc6n(-c6cc(C(C)(C)C)ccn6)c5c4)cc(C(C)(C)C)c3)c(C(C)(C)C)c2C(C)(C)C)cc1. The van der Waals surface area contributed by atoms with Crippen molar-refractivity contribution in [3.63, 3.8) is 0 Å². The Balaban J connectivity index is 1.41. The predicted octanol–water partition coefficient (Wildman–Crippen LogP) is 13.3. The fourth-order valence-electron chi connectivity index (χ4n) is 7.89. The van der Waals surface area contributed by atoms with Crippen LogP contribution in [0.15, 0.2) is 103 Å². The lowest BCUT2D eigenvalue weighted by molar-refractivity contribution is -0.611. The van der Waals surface area contributed by atoms with E-state index in [1.807, 2.05) is 6.20 Å². The van der Waals surface area contributed by atoms with Crippen molar-refractivity contribution in [1.82, 2.24) is 14.1 Å². The van der Waals surface area contributed by atoms with E-state index in [2.05, 4.69) is 221 Å². The second-order valence-electron chi connectivity index (χ2n) is 21.0. The van der Waals surface area contributed by atoms with Crippen LogP contribution in [0.3, 0.4) is 0 Å². The maximum absolute atomic E-state index is 6.94. The molecule has 5 heteroatoms. The minimum Gasteiger partial charge on any atom is -0.458 e. The molecule has 0 aliphatic heterocycles. The van der Waals surface area contributed by atoms with E-state index in [9.17, 15) is 0 Å². The molecule has 0 spiro atoms.